The number of piperazine rings is 1. The van der Waals surface area contributed by atoms with Crippen LogP contribution >= 0.6 is 11.3 Å². The van der Waals surface area contributed by atoms with Gasteiger partial charge in [-0.2, -0.15) is 0 Å². The summed E-state index contributed by atoms with van der Waals surface area (Å²) in [6, 6.07) is 11.0. The van der Waals surface area contributed by atoms with E-state index in [1.807, 2.05) is 11.0 Å². The Bertz CT molecular complexity index is 800. The maximum Gasteiger partial charge on any atom is 0.292 e. The van der Waals surface area contributed by atoms with Crippen LogP contribution in [0.2, 0.25) is 0 Å². The maximum atomic E-state index is 12.2. The molecule has 0 radical (unpaired) electrons. The Kier molecular flexibility index (Phi) is 6.41. The quantitative estimate of drug-likeness (QED) is 0.583. The molecule has 1 aromatic heterocycles. The van der Waals surface area contributed by atoms with Gasteiger partial charge in [0.05, 0.1) is 18.0 Å². The van der Waals surface area contributed by atoms with E-state index in [0.29, 0.717) is 45.0 Å². The number of rotatable bonds is 7. The molecule has 7 nitrogen and oxygen atoms in total. The van der Waals surface area contributed by atoms with Crippen LogP contribution in [0.4, 0.5) is 11.4 Å². The summed E-state index contributed by atoms with van der Waals surface area (Å²) in [5.41, 5.74) is 0.780. The van der Waals surface area contributed by atoms with Crippen molar-refractivity contribution in [3.05, 3.63) is 56.3 Å². The van der Waals surface area contributed by atoms with Crippen molar-refractivity contribution in [2.24, 2.45) is 0 Å². The van der Waals surface area contributed by atoms with Gasteiger partial charge in [0.25, 0.3) is 5.69 Å². The number of carbonyl (C=O) groups is 1. The van der Waals surface area contributed by atoms with Crippen LogP contribution in [0, 0.1) is 10.1 Å². The number of aryl methyl sites for hydroxylation is 1. The van der Waals surface area contributed by atoms with Crippen molar-refractivity contribution >= 4 is 28.6 Å². The van der Waals surface area contributed by atoms with Crippen LogP contribution in [-0.2, 0) is 17.8 Å². The van der Waals surface area contributed by atoms with E-state index in [1.165, 1.54) is 15.8 Å². The summed E-state index contributed by atoms with van der Waals surface area (Å²) >= 11 is 1.73. The molecule has 1 fully saturated rings. The maximum absolute atomic E-state index is 12.2. The van der Waals surface area contributed by atoms with E-state index in [2.05, 4.69) is 29.3 Å². The summed E-state index contributed by atoms with van der Waals surface area (Å²) in [6.07, 6.45) is 1.02. The van der Waals surface area contributed by atoms with Crippen LogP contribution in [0.25, 0.3) is 0 Å². The fraction of sp³-hybridized carbons (Fsp3) is 0.421. The molecule has 1 amide bonds. The lowest BCUT2D eigenvalue weighted by molar-refractivity contribution is -0.384. The largest absolute Gasteiger partial charge is 0.363 e. The summed E-state index contributed by atoms with van der Waals surface area (Å²) in [5, 5.41) is 14.2. The number of nitrogens with zero attached hydrogens (tertiary/aromatic N) is 3. The van der Waals surface area contributed by atoms with Gasteiger partial charge in [0.1, 0.15) is 5.69 Å². The van der Waals surface area contributed by atoms with E-state index in [0.717, 1.165) is 6.42 Å². The number of para-hydroxylation sites is 2. The molecule has 144 valence electrons. The first-order chi connectivity index (χ1) is 13.1. The van der Waals surface area contributed by atoms with Crippen molar-refractivity contribution in [3.8, 4) is 0 Å². The Balaban J connectivity index is 1.46. The van der Waals surface area contributed by atoms with Crippen LogP contribution in [0.1, 0.15) is 16.7 Å². The number of hydrogen-bond donors (Lipinski definition) is 1. The van der Waals surface area contributed by atoms with Gasteiger partial charge in [0.2, 0.25) is 5.91 Å². The van der Waals surface area contributed by atoms with Gasteiger partial charge in [0, 0.05) is 42.0 Å². The van der Waals surface area contributed by atoms with Gasteiger partial charge in [-0.15, -0.1) is 11.3 Å². The normalized spacial score (nSPS) is 14.9. The summed E-state index contributed by atoms with van der Waals surface area (Å²) in [4.78, 5) is 29.7. The van der Waals surface area contributed by atoms with E-state index >= 15 is 0 Å². The van der Waals surface area contributed by atoms with Crippen LogP contribution in [0.15, 0.2) is 36.4 Å². The average molecular weight is 388 g/mol. The standard InChI is InChI=1S/C19H24N4O3S/c1-2-15-7-8-16(27-15)13-20-19(24)14-21-9-11-22(12-10-21)17-5-3-4-6-18(17)23(25)26/h3-8H,2,9-14H2,1H3,(H,20,24). The smallest absolute Gasteiger partial charge is 0.292 e. The van der Waals surface area contributed by atoms with E-state index in [1.54, 1.807) is 23.5 Å². The molecule has 1 aliphatic rings. The number of carbonyl (C=O) groups excluding carboxylic acids is 1. The van der Waals surface area contributed by atoms with Crippen molar-refractivity contribution in [1.82, 2.24) is 10.2 Å². The van der Waals surface area contributed by atoms with Gasteiger partial charge >= 0.3 is 0 Å². The molecule has 27 heavy (non-hydrogen) atoms. The third kappa shape index (κ3) is 5.05. The first-order valence-corrected chi connectivity index (χ1v) is 9.93. The molecular weight excluding hydrogens is 364 g/mol. The zero-order valence-electron chi connectivity index (χ0n) is 15.4. The molecule has 1 N–H and O–H groups in total. The molecule has 1 aromatic carbocycles. The monoisotopic (exact) mass is 388 g/mol. The van der Waals surface area contributed by atoms with E-state index in [9.17, 15) is 14.9 Å². The van der Waals surface area contributed by atoms with Crippen molar-refractivity contribution in [3.63, 3.8) is 0 Å². The van der Waals surface area contributed by atoms with Crippen molar-refractivity contribution in [2.45, 2.75) is 19.9 Å². The Morgan fingerprint density at radius 3 is 2.52 bits per heavy atom. The van der Waals surface area contributed by atoms with Gasteiger partial charge in [-0.05, 0) is 24.6 Å². The molecule has 0 aliphatic carbocycles. The average Bonchev–Trinajstić information content (AvgIpc) is 3.15. The summed E-state index contributed by atoms with van der Waals surface area (Å²) < 4.78 is 0. The van der Waals surface area contributed by atoms with Crippen LogP contribution in [0.3, 0.4) is 0 Å². The second-order valence-corrected chi connectivity index (χ2v) is 7.76. The van der Waals surface area contributed by atoms with Gasteiger partial charge < -0.3 is 10.2 Å². The molecule has 0 saturated carbocycles. The van der Waals surface area contributed by atoms with Gasteiger partial charge in [-0.25, -0.2) is 0 Å². The molecule has 2 aromatic rings. The minimum absolute atomic E-state index is 0.0144. The lowest BCUT2D eigenvalue weighted by atomic mass is 10.2. The first kappa shape index (κ1) is 19.3. The topological polar surface area (TPSA) is 78.7 Å². The molecule has 0 unspecified atom stereocenters. The predicted octanol–water partition coefficient (Wildman–Crippen LogP) is 2.66. The van der Waals surface area contributed by atoms with E-state index in [-0.39, 0.29) is 16.5 Å². The fourth-order valence-electron chi connectivity index (χ4n) is 3.18. The van der Waals surface area contributed by atoms with Crippen LogP contribution in [0.5, 0.6) is 0 Å². The lowest BCUT2D eigenvalue weighted by Gasteiger charge is -2.35. The molecule has 1 saturated heterocycles. The zero-order valence-corrected chi connectivity index (χ0v) is 16.2. The highest BCUT2D eigenvalue weighted by molar-refractivity contribution is 7.11. The number of nitrogens with one attached hydrogen (secondary N) is 1. The predicted molar refractivity (Wildman–Crippen MR) is 107 cm³/mol. The van der Waals surface area contributed by atoms with Gasteiger partial charge in [-0.1, -0.05) is 19.1 Å². The molecule has 0 spiro atoms. The molecule has 1 aliphatic heterocycles. The first-order valence-electron chi connectivity index (χ1n) is 9.12. The molecule has 8 heteroatoms. The Morgan fingerprint density at radius 1 is 1.15 bits per heavy atom. The summed E-state index contributed by atoms with van der Waals surface area (Å²) in [7, 11) is 0. The Morgan fingerprint density at radius 2 is 1.85 bits per heavy atom. The zero-order chi connectivity index (χ0) is 19.2. The molecule has 2 heterocycles. The third-order valence-electron chi connectivity index (χ3n) is 4.68. The molecule has 0 atom stereocenters. The number of amides is 1. The molecule has 0 bridgehead atoms. The number of anilines is 1. The Labute approximate surface area is 162 Å². The molecule has 3 rings (SSSR count). The van der Waals surface area contributed by atoms with E-state index < -0.39 is 0 Å². The van der Waals surface area contributed by atoms with Crippen LogP contribution < -0.4 is 10.2 Å². The number of benzene rings is 1. The number of nitro benzene ring substituents is 1. The minimum Gasteiger partial charge on any atom is -0.363 e. The van der Waals surface area contributed by atoms with Crippen LogP contribution in [-0.4, -0.2) is 48.5 Å². The highest BCUT2D eigenvalue weighted by Gasteiger charge is 2.24. The van der Waals surface area contributed by atoms with Gasteiger partial charge in [0.15, 0.2) is 0 Å². The number of hydrogen-bond acceptors (Lipinski definition) is 6. The second kappa shape index (κ2) is 8.96. The highest BCUT2D eigenvalue weighted by atomic mass is 32.1. The lowest BCUT2D eigenvalue weighted by Crippen LogP contribution is -2.49. The fourth-order valence-corrected chi connectivity index (χ4v) is 4.08. The van der Waals surface area contributed by atoms with Crippen molar-refractivity contribution < 1.29 is 9.72 Å². The SMILES string of the molecule is CCc1ccc(CNC(=O)CN2CCN(c3ccccc3[N+](=O)[O-])CC2)s1. The minimum atomic E-state index is -0.344. The van der Waals surface area contributed by atoms with E-state index in [4.69, 9.17) is 0 Å². The third-order valence-corrected chi connectivity index (χ3v) is 5.91. The summed E-state index contributed by atoms with van der Waals surface area (Å²) in [6.45, 7) is 5.80. The highest BCUT2D eigenvalue weighted by Crippen LogP contribution is 2.28. The number of thiophene rings is 1. The van der Waals surface area contributed by atoms with Crippen molar-refractivity contribution in [2.75, 3.05) is 37.6 Å². The molecular formula is C19H24N4O3S. The Hall–Kier alpha value is -2.45. The second-order valence-electron chi connectivity index (χ2n) is 6.51. The van der Waals surface area contributed by atoms with Gasteiger partial charge in [-0.3, -0.25) is 19.8 Å². The number of nitro groups is 1. The summed E-state index contributed by atoms with van der Waals surface area (Å²) in [5.74, 6) is 0.0144. The van der Waals surface area contributed by atoms with Crippen molar-refractivity contribution in [1.29, 1.82) is 0 Å².